The van der Waals surface area contributed by atoms with Gasteiger partial charge in [-0.15, -0.1) is 0 Å². The van der Waals surface area contributed by atoms with Gasteiger partial charge in [0.05, 0.1) is 12.6 Å². The van der Waals surface area contributed by atoms with Crippen LogP contribution in [-0.2, 0) is 9.53 Å². The Hall–Kier alpha value is -0.610. The van der Waals surface area contributed by atoms with Crippen LogP contribution in [-0.4, -0.2) is 50.7 Å². The van der Waals surface area contributed by atoms with Gasteiger partial charge in [0.1, 0.15) is 0 Å². The highest BCUT2D eigenvalue weighted by Gasteiger charge is 2.22. The number of hydrogen-bond acceptors (Lipinski definition) is 3. The number of hydrogen-bond donors (Lipinski definition) is 1. The number of nitrogens with zero attached hydrogens (tertiary/aromatic N) is 1. The highest BCUT2D eigenvalue weighted by atomic mass is 16.5. The van der Waals surface area contributed by atoms with Crippen molar-refractivity contribution in [1.29, 1.82) is 0 Å². The number of ether oxygens (including phenoxy) is 1. The SMILES string of the molecule is CNC(=O)CN1CC[C@@H](OC)C1. The Morgan fingerprint density at radius 3 is 3.00 bits per heavy atom. The maximum atomic E-state index is 11.0. The van der Waals surface area contributed by atoms with E-state index in [1.165, 1.54) is 0 Å². The van der Waals surface area contributed by atoms with Gasteiger partial charge in [-0.25, -0.2) is 0 Å². The van der Waals surface area contributed by atoms with Crippen molar-refractivity contribution >= 4 is 5.91 Å². The lowest BCUT2D eigenvalue weighted by molar-refractivity contribution is -0.121. The molecule has 0 saturated carbocycles. The molecule has 0 unspecified atom stereocenters. The Morgan fingerprint density at radius 2 is 2.50 bits per heavy atom. The van der Waals surface area contributed by atoms with Gasteiger partial charge in [0.15, 0.2) is 0 Å². The van der Waals surface area contributed by atoms with Crippen molar-refractivity contribution in [3.05, 3.63) is 0 Å². The van der Waals surface area contributed by atoms with E-state index in [2.05, 4.69) is 10.2 Å². The zero-order chi connectivity index (χ0) is 8.97. The van der Waals surface area contributed by atoms with Crippen molar-refractivity contribution in [1.82, 2.24) is 10.2 Å². The lowest BCUT2D eigenvalue weighted by atomic mass is 10.3. The third kappa shape index (κ3) is 2.46. The summed E-state index contributed by atoms with van der Waals surface area (Å²) in [6, 6.07) is 0. The number of likely N-dealkylation sites (tertiary alicyclic amines) is 1. The van der Waals surface area contributed by atoms with Gasteiger partial charge in [-0.05, 0) is 6.42 Å². The third-order valence-corrected chi connectivity index (χ3v) is 2.21. The Morgan fingerprint density at radius 1 is 1.75 bits per heavy atom. The van der Waals surface area contributed by atoms with E-state index in [1.54, 1.807) is 14.2 Å². The standard InChI is InChI=1S/C8H16N2O2/c1-9-8(11)6-10-4-3-7(5-10)12-2/h7H,3-6H2,1-2H3,(H,9,11)/t7-/m1/s1. The summed E-state index contributed by atoms with van der Waals surface area (Å²) in [7, 11) is 3.38. The maximum Gasteiger partial charge on any atom is 0.233 e. The molecule has 0 spiro atoms. The first-order chi connectivity index (χ1) is 5.76. The van der Waals surface area contributed by atoms with Gasteiger partial charge in [0, 0.05) is 27.2 Å². The Balaban J connectivity index is 2.23. The van der Waals surface area contributed by atoms with Crippen LogP contribution in [0.5, 0.6) is 0 Å². The fourth-order valence-electron chi connectivity index (χ4n) is 1.42. The minimum Gasteiger partial charge on any atom is -0.380 e. The first-order valence-electron chi connectivity index (χ1n) is 4.22. The monoisotopic (exact) mass is 172 g/mol. The van der Waals surface area contributed by atoms with Crippen molar-refractivity contribution in [2.75, 3.05) is 33.8 Å². The Kier molecular flexibility index (Phi) is 3.49. The molecule has 70 valence electrons. The molecule has 1 atom stereocenters. The highest BCUT2D eigenvalue weighted by molar-refractivity contribution is 5.77. The van der Waals surface area contributed by atoms with E-state index in [4.69, 9.17) is 4.74 Å². The van der Waals surface area contributed by atoms with E-state index in [0.717, 1.165) is 19.5 Å². The lowest BCUT2D eigenvalue weighted by Crippen LogP contribution is -2.34. The first kappa shape index (κ1) is 9.48. The fraction of sp³-hybridized carbons (Fsp3) is 0.875. The van der Waals surface area contributed by atoms with E-state index in [-0.39, 0.29) is 5.91 Å². The van der Waals surface area contributed by atoms with E-state index in [0.29, 0.717) is 12.6 Å². The summed E-state index contributed by atoms with van der Waals surface area (Å²) in [5.74, 6) is 0.0757. The number of amides is 1. The number of likely N-dealkylation sites (N-methyl/N-ethyl adjacent to an activating group) is 1. The van der Waals surface area contributed by atoms with Crippen molar-refractivity contribution < 1.29 is 9.53 Å². The molecule has 1 N–H and O–H groups in total. The smallest absolute Gasteiger partial charge is 0.233 e. The normalized spacial score (nSPS) is 24.3. The average Bonchev–Trinajstić information content (AvgIpc) is 2.52. The second-order valence-corrected chi connectivity index (χ2v) is 3.05. The molecule has 0 radical (unpaired) electrons. The van der Waals surface area contributed by atoms with Gasteiger partial charge in [0.2, 0.25) is 5.91 Å². The van der Waals surface area contributed by atoms with Crippen LogP contribution in [0.1, 0.15) is 6.42 Å². The molecule has 1 heterocycles. The van der Waals surface area contributed by atoms with Gasteiger partial charge >= 0.3 is 0 Å². The summed E-state index contributed by atoms with van der Waals surface area (Å²) in [5.41, 5.74) is 0. The summed E-state index contributed by atoms with van der Waals surface area (Å²) in [4.78, 5) is 13.1. The molecule has 1 saturated heterocycles. The van der Waals surface area contributed by atoms with Crippen LogP contribution < -0.4 is 5.32 Å². The predicted octanol–water partition coefficient (Wildman–Crippen LogP) is -0.547. The molecule has 0 aromatic rings. The van der Waals surface area contributed by atoms with Crippen LogP contribution in [0.15, 0.2) is 0 Å². The number of carbonyl (C=O) groups excluding carboxylic acids is 1. The molecule has 4 nitrogen and oxygen atoms in total. The van der Waals surface area contributed by atoms with Crippen molar-refractivity contribution in [3.63, 3.8) is 0 Å². The maximum absolute atomic E-state index is 11.0. The summed E-state index contributed by atoms with van der Waals surface area (Å²) in [5, 5.41) is 2.60. The molecule has 1 amide bonds. The number of carbonyl (C=O) groups is 1. The number of nitrogens with one attached hydrogen (secondary N) is 1. The lowest BCUT2D eigenvalue weighted by Gasteiger charge is -2.13. The van der Waals surface area contributed by atoms with Crippen LogP contribution in [0.3, 0.4) is 0 Å². The van der Waals surface area contributed by atoms with E-state index in [9.17, 15) is 4.79 Å². The molecular weight excluding hydrogens is 156 g/mol. The number of rotatable bonds is 3. The first-order valence-corrected chi connectivity index (χ1v) is 4.22. The number of methoxy groups -OCH3 is 1. The summed E-state index contributed by atoms with van der Waals surface area (Å²) >= 11 is 0. The van der Waals surface area contributed by atoms with Crippen LogP contribution in [0, 0.1) is 0 Å². The topological polar surface area (TPSA) is 41.6 Å². The molecule has 12 heavy (non-hydrogen) atoms. The summed E-state index contributed by atoms with van der Waals surface area (Å²) in [6.45, 7) is 2.34. The van der Waals surface area contributed by atoms with E-state index < -0.39 is 0 Å². The zero-order valence-corrected chi connectivity index (χ0v) is 7.67. The van der Waals surface area contributed by atoms with Gasteiger partial charge in [-0.1, -0.05) is 0 Å². The van der Waals surface area contributed by atoms with Crippen molar-refractivity contribution in [2.24, 2.45) is 0 Å². The van der Waals surface area contributed by atoms with Gasteiger partial charge in [0.25, 0.3) is 0 Å². The molecule has 0 aromatic heterocycles. The molecule has 0 aliphatic carbocycles. The molecule has 4 heteroatoms. The van der Waals surface area contributed by atoms with Gasteiger partial charge < -0.3 is 10.1 Å². The van der Waals surface area contributed by atoms with Crippen LogP contribution >= 0.6 is 0 Å². The Labute approximate surface area is 72.9 Å². The molecule has 0 aromatic carbocycles. The van der Waals surface area contributed by atoms with Crippen LogP contribution in [0.4, 0.5) is 0 Å². The second kappa shape index (κ2) is 4.42. The predicted molar refractivity (Wildman–Crippen MR) is 45.9 cm³/mol. The Bertz CT molecular complexity index is 161. The molecule has 1 fully saturated rings. The average molecular weight is 172 g/mol. The van der Waals surface area contributed by atoms with E-state index >= 15 is 0 Å². The minimum atomic E-state index is 0.0757. The third-order valence-electron chi connectivity index (χ3n) is 2.21. The van der Waals surface area contributed by atoms with Crippen molar-refractivity contribution in [3.8, 4) is 0 Å². The molecule has 0 bridgehead atoms. The molecule has 1 aliphatic rings. The largest absolute Gasteiger partial charge is 0.380 e. The van der Waals surface area contributed by atoms with Gasteiger partial charge in [-0.2, -0.15) is 0 Å². The summed E-state index contributed by atoms with van der Waals surface area (Å²) in [6.07, 6.45) is 1.35. The molecular formula is C8H16N2O2. The van der Waals surface area contributed by atoms with Crippen molar-refractivity contribution in [2.45, 2.75) is 12.5 Å². The van der Waals surface area contributed by atoms with Crippen LogP contribution in [0.2, 0.25) is 0 Å². The minimum absolute atomic E-state index is 0.0757. The quantitative estimate of drug-likeness (QED) is 0.621. The van der Waals surface area contributed by atoms with Gasteiger partial charge in [-0.3, -0.25) is 9.69 Å². The second-order valence-electron chi connectivity index (χ2n) is 3.05. The molecule has 1 aliphatic heterocycles. The molecule has 1 rings (SSSR count). The summed E-state index contributed by atoms with van der Waals surface area (Å²) < 4.78 is 5.18. The van der Waals surface area contributed by atoms with E-state index in [1.807, 2.05) is 0 Å². The highest BCUT2D eigenvalue weighted by Crippen LogP contribution is 2.10. The fourth-order valence-corrected chi connectivity index (χ4v) is 1.42. The van der Waals surface area contributed by atoms with Crippen LogP contribution in [0.25, 0.3) is 0 Å². The zero-order valence-electron chi connectivity index (χ0n) is 7.67.